The highest BCUT2D eigenvalue weighted by Crippen LogP contribution is 2.64. The van der Waals surface area contributed by atoms with Crippen LogP contribution in [0.25, 0.3) is 0 Å². The first-order valence-electron chi connectivity index (χ1n) is 12.4. The number of carbonyl (C=O) groups is 3. The minimum absolute atomic E-state index is 0.0111. The van der Waals surface area contributed by atoms with Crippen molar-refractivity contribution in [3.8, 4) is 11.8 Å². The predicted octanol–water partition coefficient (Wildman–Crippen LogP) is 4.65. The Morgan fingerprint density at radius 2 is 2.00 bits per heavy atom. The molecular weight excluding hydrogens is 501 g/mol. The number of piperidine rings is 1. The number of nitrogens with zero attached hydrogens (tertiary/aromatic N) is 2. The number of hydrogen-bond acceptors (Lipinski definition) is 5. The molecule has 2 aliphatic carbocycles. The van der Waals surface area contributed by atoms with Crippen LogP contribution in [0.2, 0.25) is 10.0 Å². The van der Waals surface area contributed by atoms with E-state index in [-0.39, 0.29) is 52.8 Å². The molecule has 3 fully saturated rings. The van der Waals surface area contributed by atoms with Crippen LogP contribution in [-0.2, 0) is 14.4 Å². The van der Waals surface area contributed by atoms with Gasteiger partial charge in [0.2, 0.25) is 5.91 Å². The van der Waals surface area contributed by atoms with E-state index >= 15 is 0 Å². The van der Waals surface area contributed by atoms with Gasteiger partial charge in [-0.1, -0.05) is 50.9 Å². The van der Waals surface area contributed by atoms with E-state index in [2.05, 4.69) is 39.1 Å². The topological polar surface area (TPSA) is 99.5 Å². The first kappa shape index (κ1) is 26.8. The average Bonchev–Trinajstić information content (AvgIpc) is 3.13. The second-order valence-electron chi connectivity index (χ2n) is 11.8. The summed E-state index contributed by atoms with van der Waals surface area (Å²) in [7, 11) is 0. The van der Waals surface area contributed by atoms with Gasteiger partial charge < -0.3 is 15.0 Å². The predicted molar refractivity (Wildman–Crippen MR) is 137 cm³/mol. The van der Waals surface area contributed by atoms with Crippen molar-refractivity contribution in [2.45, 2.75) is 65.5 Å². The molecule has 0 aromatic heterocycles. The summed E-state index contributed by atoms with van der Waals surface area (Å²) in [5.74, 6) is -0.184. The fourth-order valence-electron chi connectivity index (χ4n) is 6.02. The Bertz CT molecular complexity index is 1110. The minimum atomic E-state index is -0.783. The SMILES string of the molecule is CC1(C)CC[C@@H](C[C@@H](C#N)NC(=O)C2[C@@H]3[C@H](CN2C(=O)COc2ccc(Cl)cc2Cl)C3(C)C)C(=O)C1. The first-order valence-corrected chi connectivity index (χ1v) is 13.2. The Labute approximate surface area is 222 Å². The zero-order chi connectivity index (χ0) is 26.4. The van der Waals surface area contributed by atoms with Crippen LogP contribution in [0, 0.1) is 39.9 Å². The molecule has 0 radical (unpaired) electrons. The molecule has 7 nitrogen and oxygen atoms in total. The van der Waals surface area contributed by atoms with E-state index in [0.717, 1.165) is 12.8 Å². The van der Waals surface area contributed by atoms with E-state index in [4.69, 9.17) is 27.9 Å². The van der Waals surface area contributed by atoms with Crippen molar-refractivity contribution in [1.29, 1.82) is 5.26 Å². The zero-order valence-electron chi connectivity index (χ0n) is 21.1. The third-order valence-electron chi connectivity index (χ3n) is 8.31. The van der Waals surface area contributed by atoms with E-state index in [9.17, 15) is 19.6 Å². The number of likely N-dealkylation sites (tertiary alicyclic amines) is 1. The standard InChI is InChI=1S/C27H33Cl2N3O4/c1-26(2)8-7-15(20(33)11-26)9-17(12-30)31-25(35)24-23-18(27(23,3)4)13-32(24)22(34)14-36-21-6-5-16(28)10-19(21)29/h5-6,10,15,17-18,23-24H,7-9,11,13-14H2,1-4H3,(H,31,35)/t15-,17-,18-,23-,24?/m0/s1. The van der Waals surface area contributed by atoms with Crippen LogP contribution in [-0.4, -0.2) is 47.7 Å². The Hall–Kier alpha value is -2.30. The number of ether oxygens (including phenoxy) is 1. The smallest absolute Gasteiger partial charge is 0.261 e. The highest BCUT2D eigenvalue weighted by Gasteiger charge is 2.69. The molecule has 9 heteroatoms. The maximum absolute atomic E-state index is 13.4. The fraction of sp³-hybridized carbons (Fsp3) is 0.630. The van der Waals surface area contributed by atoms with E-state index in [1.807, 2.05) is 0 Å². The summed E-state index contributed by atoms with van der Waals surface area (Å²) >= 11 is 12.1. The number of ketones is 1. The monoisotopic (exact) mass is 533 g/mol. The van der Waals surface area contributed by atoms with Crippen LogP contribution >= 0.6 is 23.2 Å². The third-order valence-corrected chi connectivity index (χ3v) is 8.84. The Kier molecular flexibility index (Phi) is 7.34. The van der Waals surface area contributed by atoms with Gasteiger partial charge in [-0.15, -0.1) is 0 Å². The van der Waals surface area contributed by atoms with Gasteiger partial charge in [0.1, 0.15) is 23.6 Å². The van der Waals surface area contributed by atoms with Crippen molar-refractivity contribution in [3.05, 3.63) is 28.2 Å². The number of halogens is 2. The number of rotatable bonds is 7. The third kappa shape index (κ3) is 5.35. The highest BCUT2D eigenvalue weighted by molar-refractivity contribution is 6.35. The number of carbonyl (C=O) groups excluding carboxylic acids is 3. The highest BCUT2D eigenvalue weighted by atomic mass is 35.5. The molecular formula is C27H33Cl2N3O4. The molecule has 4 rings (SSSR count). The van der Waals surface area contributed by atoms with Crippen LogP contribution in [0.1, 0.15) is 53.4 Å². The summed E-state index contributed by atoms with van der Waals surface area (Å²) in [6, 6.07) is 5.45. The lowest BCUT2D eigenvalue weighted by Gasteiger charge is -2.34. The van der Waals surface area contributed by atoms with E-state index in [0.29, 0.717) is 35.2 Å². The van der Waals surface area contributed by atoms with Gasteiger partial charge in [-0.25, -0.2) is 0 Å². The molecule has 0 spiro atoms. The number of nitrogens with one attached hydrogen (secondary N) is 1. The molecule has 1 aromatic carbocycles. The van der Waals surface area contributed by atoms with Crippen LogP contribution in [0.3, 0.4) is 0 Å². The number of fused-ring (bicyclic) bond motifs is 1. The molecule has 36 heavy (non-hydrogen) atoms. The summed E-state index contributed by atoms with van der Waals surface area (Å²) in [6.07, 6.45) is 2.42. The number of benzene rings is 1. The maximum Gasteiger partial charge on any atom is 0.261 e. The lowest BCUT2D eigenvalue weighted by Crippen LogP contribution is -2.53. The van der Waals surface area contributed by atoms with Gasteiger partial charge in [0.05, 0.1) is 11.1 Å². The van der Waals surface area contributed by atoms with E-state index < -0.39 is 12.1 Å². The number of nitriles is 1. The van der Waals surface area contributed by atoms with Crippen molar-refractivity contribution in [2.24, 2.45) is 28.6 Å². The van der Waals surface area contributed by atoms with Crippen LogP contribution < -0.4 is 10.1 Å². The summed E-state index contributed by atoms with van der Waals surface area (Å²) in [6.45, 7) is 8.54. The Morgan fingerprint density at radius 3 is 2.64 bits per heavy atom. The van der Waals surface area contributed by atoms with Crippen molar-refractivity contribution >= 4 is 40.8 Å². The number of Topliss-reactive ketones (excluding diaryl/α,β-unsaturated/α-hetero) is 1. The molecule has 5 atom stereocenters. The summed E-state index contributed by atoms with van der Waals surface area (Å²) < 4.78 is 5.62. The van der Waals surface area contributed by atoms with Crippen molar-refractivity contribution < 1.29 is 19.1 Å². The normalized spacial score (nSPS) is 28.6. The summed E-state index contributed by atoms with van der Waals surface area (Å²) in [5.41, 5.74) is -0.0826. The molecule has 1 saturated heterocycles. The van der Waals surface area contributed by atoms with Gasteiger partial charge >= 0.3 is 0 Å². The van der Waals surface area contributed by atoms with Crippen LogP contribution in [0.4, 0.5) is 0 Å². The minimum Gasteiger partial charge on any atom is -0.482 e. The molecule has 2 amide bonds. The van der Waals surface area contributed by atoms with Gasteiger partial charge in [-0.2, -0.15) is 5.26 Å². The van der Waals surface area contributed by atoms with Gasteiger partial charge in [-0.05, 0) is 60.1 Å². The second-order valence-corrected chi connectivity index (χ2v) is 12.6. The van der Waals surface area contributed by atoms with Crippen LogP contribution in [0.5, 0.6) is 5.75 Å². The van der Waals surface area contributed by atoms with Gasteiger partial charge in [0, 0.05) is 23.9 Å². The molecule has 3 aliphatic rings. The van der Waals surface area contributed by atoms with Crippen LogP contribution in [0.15, 0.2) is 18.2 Å². The zero-order valence-corrected chi connectivity index (χ0v) is 22.7. The van der Waals surface area contributed by atoms with Gasteiger partial charge in [-0.3, -0.25) is 14.4 Å². The quantitative estimate of drug-likeness (QED) is 0.549. The van der Waals surface area contributed by atoms with Gasteiger partial charge in [0.25, 0.3) is 5.91 Å². The van der Waals surface area contributed by atoms with Crippen molar-refractivity contribution in [3.63, 3.8) is 0 Å². The maximum atomic E-state index is 13.4. The molecule has 1 unspecified atom stereocenters. The average molecular weight is 534 g/mol. The molecule has 0 bridgehead atoms. The van der Waals surface area contributed by atoms with Gasteiger partial charge in [0.15, 0.2) is 6.61 Å². The van der Waals surface area contributed by atoms with Crippen molar-refractivity contribution in [1.82, 2.24) is 10.2 Å². The van der Waals surface area contributed by atoms with E-state index in [1.54, 1.807) is 17.0 Å². The molecule has 1 aromatic rings. The van der Waals surface area contributed by atoms with Crippen molar-refractivity contribution in [2.75, 3.05) is 13.2 Å². The molecule has 1 N–H and O–H groups in total. The fourth-order valence-corrected chi connectivity index (χ4v) is 6.49. The second kappa shape index (κ2) is 9.87. The molecule has 194 valence electrons. The molecule has 1 heterocycles. The number of amides is 2. The Morgan fingerprint density at radius 1 is 1.28 bits per heavy atom. The molecule has 1 aliphatic heterocycles. The molecule has 2 saturated carbocycles. The van der Waals surface area contributed by atoms with E-state index in [1.165, 1.54) is 6.07 Å². The first-order chi connectivity index (χ1) is 16.8. The lowest BCUT2D eigenvalue weighted by molar-refractivity contribution is -0.142. The number of hydrogen-bond donors (Lipinski definition) is 1. The largest absolute Gasteiger partial charge is 0.482 e. The summed E-state index contributed by atoms with van der Waals surface area (Å²) in [4.78, 5) is 40.7. The summed E-state index contributed by atoms with van der Waals surface area (Å²) in [5, 5.41) is 13.4. The Balaban J connectivity index is 1.41. The lowest BCUT2D eigenvalue weighted by atomic mass is 9.71.